The Kier molecular flexibility index (Phi) is 6.92. The Morgan fingerprint density at radius 3 is 2.46 bits per heavy atom. The van der Waals surface area contributed by atoms with Crippen molar-refractivity contribution >= 4 is 44.8 Å². The zero-order valence-corrected chi connectivity index (χ0v) is 16.8. The number of hydrogen-bond donors (Lipinski definition) is 1. The van der Waals surface area contributed by atoms with Crippen molar-refractivity contribution in [2.75, 3.05) is 23.7 Å². The molecule has 0 aliphatic heterocycles. The van der Waals surface area contributed by atoms with Crippen LogP contribution in [0.3, 0.4) is 0 Å². The molecule has 2 aromatic carbocycles. The van der Waals surface area contributed by atoms with E-state index in [2.05, 4.69) is 5.32 Å². The lowest BCUT2D eigenvalue weighted by molar-refractivity contribution is -0.119. The fourth-order valence-corrected chi connectivity index (χ4v) is 3.89. The molecular weight excluding hydrogens is 395 g/mol. The topological polar surface area (TPSA) is 66.5 Å². The van der Waals surface area contributed by atoms with E-state index in [-0.39, 0.29) is 12.5 Å². The summed E-state index contributed by atoms with van der Waals surface area (Å²) in [6, 6.07) is 12.2. The van der Waals surface area contributed by atoms with Gasteiger partial charge in [-0.05, 0) is 42.7 Å². The lowest BCUT2D eigenvalue weighted by atomic mass is 10.1. The summed E-state index contributed by atoms with van der Waals surface area (Å²) in [6.45, 7) is 1.86. The molecule has 0 spiro atoms. The van der Waals surface area contributed by atoms with Crippen molar-refractivity contribution in [2.24, 2.45) is 0 Å². The van der Waals surface area contributed by atoms with Crippen LogP contribution in [0.4, 0.5) is 5.69 Å². The van der Waals surface area contributed by atoms with Crippen molar-refractivity contribution in [3.63, 3.8) is 0 Å². The first-order chi connectivity index (χ1) is 12.2. The molecule has 0 fully saturated rings. The van der Waals surface area contributed by atoms with Gasteiger partial charge in [0, 0.05) is 16.6 Å². The summed E-state index contributed by atoms with van der Waals surface area (Å²) in [5.41, 5.74) is 2.12. The molecule has 0 saturated heterocycles. The summed E-state index contributed by atoms with van der Waals surface area (Å²) in [7, 11) is -3.59. The zero-order chi connectivity index (χ0) is 19.3. The van der Waals surface area contributed by atoms with E-state index in [4.69, 9.17) is 23.2 Å². The van der Waals surface area contributed by atoms with E-state index in [1.807, 2.05) is 6.07 Å². The summed E-state index contributed by atoms with van der Waals surface area (Å²) in [5, 5.41) is 3.81. The average molecular weight is 415 g/mol. The van der Waals surface area contributed by atoms with Gasteiger partial charge in [-0.1, -0.05) is 47.5 Å². The second kappa shape index (κ2) is 8.75. The third-order valence-electron chi connectivity index (χ3n) is 3.80. The number of rotatable bonds is 7. The highest BCUT2D eigenvalue weighted by molar-refractivity contribution is 7.92. The van der Waals surface area contributed by atoms with Crippen LogP contribution in [0.25, 0.3) is 0 Å². The number of nitrogens with zero attached hydrogens (tertiary/aromatic N) is 1. The second-order valence-corrected chi connectivity index (χ2v) is 8.64. The van der Waals surface area contributed by atoms with E-state index in [0.717, 1.165) is 21.7 Å². The van der Waals surface area contributed by atoms with Gasteiger partial charge in [-0.3, -0.25) is 9.10 Å². The second-order valence-electron chi connectivity index (χ2n) is 5.89. The fraction of sp³-hybridized carbons (Fsp3) is 0.278. The Morgan fingerprint density at radius 2 is 1.85 bits per heavy atom. The Labute approximate surface area is 164 Å². The number of nitrogens with one attached hydrogen (secondary N) is 1. The molecular formula is C18H20Cl2N2O3S. The van der Waals surface area contributed by atoms with Crippen molar-refractivity contribution in [2.45, 2.75) is 13.3 Å². The highest BCUT2D eigenvalue weighted by atomic mass is 35.5. The van der Waals surface area contributed by atoms with E-state index in [1.54, 1.807) is 43.3 Å². The number of hydrogen-bond acceptors (Lipinski definition) is 3. The Balaban J connectivity index is 2.01. The monoisotopic (exact) mass is 414 g/mol. The van der Waals surface area contributed by atoms with Gasteiger partial charge in [0.25, 0.3) is 0 Å². The van der Waals surface area contributed by atoms with Gasteiger partial charge < -0.3 is 5.32 Å². The van der Waals surface area contributed by atoms with Crippen LogP contribution >= 0.6 is 23.2 Å². The number of para-hydroxylation sites is 1. The molecule has 8 heteroatoms. The van der Waals surface area contributed by atoms with Crippen LogP contribution in [0.2, 0.25) is 10.0 Å². The molecule has 0 aliphatic carbocycles. The van der Waals surface area contributed by atoms with Crippen LogP contribution < -0.4 is 9.62 Å². The maximum Gasteiger partial charge on any atom is 0.240 e. The first kappa shape index (κ1) is 20.6. The fourth-order valence-electron chi connectivity index (χ4n) is 2.47. The van der Waals surface area contributed by atoms with Crippen LogP contribution in [0.1, 0.15) is 11.1 Å². The third-order valence-corrected chi connectivity index (χ3v) is 5.52. The van der Waals surface area contributed by atoms with Crippen molar-refractivity contribution in [1.82, 2.24) is 5.32 Å². The van der Waals surface area contributed by atoms with Gasteiger partial charge in [0.15, 0.2) is 0 Å². The number of amides is 1. The van der Waals surface area contributed by atoms with Crippen LogP contribution in [0.5, 0.6) is 0 Å². The van der Waals surface area contributed by atoms with Gasteiger partial charge >= 0.3 is 0 Å². The SMILES string of the molecule is Cc1ccccc1N(CC(=O)NCCc1ccc(Cl)cc1Cl)S(C)(=O)=O. The molecule has 2 aromatic rings. The van der Waals surface area contributed by atoms with Gasteiger partial charge in [0.2, 0.25) is 15.9 Å². The Bertz CT molecular complexity index is 901. The molecule has 0 saturated carbocycles. The molecule has 1 N–H and O–H groups in total. The van der Waals surface area contributed by atoms with Crippen LogP contribution in [0, 0.1) is 6.92 Å². The summed E-state index contributed by atoms with van der Waals surface area (Å²) in [6.07, 6.45) is 1.60. The summed E-state index contributed by atoms with van der Waals surface area (Å²) in [4.78, 5) is 12.2. The Hall–Kier alpha value is -1.76. The predicted molar refractivity (Wildman–Crippen MR) is 107 cm³/mol. The van der Waals surface area contributed by atoms with Crippen molar-refractivity contribution < 1.29 is 13.2 Å². The zero-order valence-electron chi connectivity index (χ0n) is 14.5. The summed E-state index contributed by atoms with van der Waals surface area (Å²) in [5.74, 6) is -0.385. The maximum absolute atomic E-state index is 12.2. The quantitative estimate of drug-likeness (QED) is 0.754. The highest BCUT2D eigenvalue weighted by Gasteiger charge is 2.21. The van der Waals surface area contributed by atoms with Crippen LogP contribution in [-0.4, -0.2) is 33.7 Å². The number of aryl methyl sites for hydroxylation is 1. The summed E-state index contributed by atoms with van der Waals surface area (Å²) >= 11 is 12.0. The summed E-state index contributed by atoms with van der Waals surface area (Å²) < 4.78 is 25.3. The predicted octanol–water partition coefficient (Wildman–Crippen LogP) is 3.43. The number of sulfonamides is 1. The van der Waals surface area contributed by atoms with Gasteiger partial charge in [-0.25, -0.2) is 8.42 Å². The smallest absolute Gasteiger partial charge is 0.240 e. The standard InChI is InChI=1S/C18H20Cl2N2O3S/c1-13-5-3-4-6-17(13)22(26(2,24)25)12-18(23)21-10-9-14-7-8-15(19)11-16(14)20/h3-8,11H,9-10,12H2,1-2H3,(H,21,23). The van der Waals surface area contributed by atoms with E-state index >= 15 is 0 Å². The van der Waals surface area contributed by atoms with E-state index < -0.39 is 10.0 Å². The first-order valence-electron chi connectivity index (χ1n) is 7.92. The average Bonchev–Trinajstić information content (AvgIpc) is 2.54. The number of carbonyl (C=O) groups is 1. The molecule has 0 bridgehead atoms. The van der Waals surface area contributed by atoms with Crippen LogP contribution in [-0.2, 0) is 21.2 Å². The van der Waals surface area contributed by atoms with Gasteiger partial charge in [-0.15, -0.1) is 0 Å². The molecule has 0 heterocycles. The van der Waals surface area contributed by atoms with Crippen molar-refractivity contribution in [1.29, 1.82) is 0 Å². The molecule has 2 rings (SSSR count). The number of halogens is 2. The molecule has 1 amide bonds. The molecule has 0 unspecified atom stereocenters. The van der Waals surface area contributed by atoms with E-state index in [9.17, 15) is 13.2 Å². The lowest BCUT2D eigenvalue weighted by Gasteiger charge is -2.23. The minimum Gasteiger partial charge on any atom is -0.354 e. The van der Waals surface area contributed by atoms with Gasteiger partial charge in [0.1, 0.15) is 6.54 Å². The third kappa shape index (κ3) is 5.62. The molecule has 0 aliphatic rings. The van der Waals surface area contributed by atoms with E-state index in [1.165, 1.54) is 0 Å². The van der Waals surface area contributed by atoms with Gasteiger partial charge in [0.05, 0.1) is 11.9 Å². The van der Waals surface area contributed by atoms with Crippen molar-refractivity contribution in [3.05, 3.63) is 63.6 Å². The van der Waals surface area contributed by atoms with Gasteiger partial charge in [-0.2, -0.15) is 0 Å². The molecule has 140 valence electrons. The number of carbonyl (C=O) groups excluding carboxylic acids is 1. The lowest BCUT2D eigenvalue weighted by Crippen LogP contribution is -2.41. The van der Waals surface area contributed by atoms with E-state index in [0.29, 0.717) is 28.7 Å². The largest absolute Gasteiger partial charge is 0.354 e. The number of benzene rings is 2. The Morgan fingerprint density at radius 1 is 1.15 bits per heavy atom. The normalized spacial score (nSPS) is 11.2. The molecule has 0 aromatic heterocycles. The van der Waals surface area contributed by atoms with Crippen LogP contribution in [0.15, 0.2) is 42.5 Å². The molecule has 26 heavy (non-hydrogen) atoms. The number of anilines is 1. The molecule has 0 radical (unpaired) electrons. The maximum atomic E-state index is 12.2. The minimum atomic E-state index is -3.59. The highest BCUT2D eigenvalue weighted by Crippen LogP contribution is 2.22. The minimum absolute atomic E-state index is 0.280. The van der Waals surface area contributed by atoms with Crippen molar-refractivity contribution in [3.8, 4) is 0 Å². The first-order valence-corrected chi connectivity index (χ1v) is 10.5. The molecule has 0 atom stereocenters. The molecule has 5 nitrogen and oxygen atoms in total.